The molecule has 0 N–H and O–H groups in total. The molecule has 1 rings (SSSR count). The zero-order chi connectivity index (χ0) is 11.5. The van der Waals surface area contributed by atoms with Crippen molar-refractivity contribution in [2.45, 2.75) is 45.3 Å². The van der Waals surface area contributed by atoms with Crippen molar-refractivity contribution in [1.82, 2.24) is 4.90 Å². The Balaban J connectivity index is 2.56. The van der Waals surface area contributed by atoms with Gasteiger partial charge in [0, 0.05) is 6.54 Å². The van der Waals surface area contributed by atoms with E-state index in [0.29, 0.717) is 6.54 Å². The normalized spacial score (nSPS) is 22.4. The summed E-state index contributed by atoms with van der Waals surface area (Å²) in [4.78, 5) is 13.8. The molecule has 0 amide bonds. The average Bonchev–Trinajstić information content (AvgIpc) is 2.49. The number of terminal acetylenes is 1. The molecule has 0 radical (unpaired) electrons. The monoisotopic (exact) mass is 209 g/mol. The highest BCUT2D eigenvalue weighted by molar-refractivity contribution is 5.76. The smallest absolute Gasteiger partial charge is 0.323 e. The SMILES string of the molecule is C#CCN1CCC[C@H]1C(=O)OC(C)(C)C. The summed E-state index contributed by atoms with van der Waals surface area (Å²) in [6.07, 6.45) is 7.13. The minimum atomic E-state index is -0.415. The first-order valence-corrected chi connectivity index (χ1v) is 5.34. The van der Waals surface area contributed by atoms with Crippen molar-refractivity contribution in [1.29, 1.82) is 0 Å². The summed E-state index contributed by atoms with van der Waals surface area (Å²) in [5.74, 6) is 2.43. The Morgan fingerprint density at radius 3 is 2.80 bits per heavy atom. The summed E-state index contributed by atoms with van der Waals surface area (Å²) in [5, 5.41) is 0. The molecular formula is C12H19NO2. The summed E-state index contributed by atoms with van der Waals surface area (Å²) in [6, 6.07) is -0.139. The number of hydrogen-bond donors (Lipinski definition) is 0. The fourth-order valence-corrected chi connectivity index (χ4v) is 1.77. The average molecular weight is 209 g/mol. The first-order valence-electron chi connectivity index (χ1n) is 5.34. The highest BCUT2D eigenvalue weighted by Crippen LogP contribution is 2.20. The van der Waals surface area contributed by atoms with Crippen LogP contribution in [0.4, 0.5) is 0 Å². The van der Waals surface area contributed by atoms with Crippen molar-refractivity contribution in [2.24, 2.45) is 0 Å². The molecular weight excluding hydrogens is 190 g/mol. The lowest BCUT2D eigenvalue weighted by Gasteiger charge is -2.26. The molecule has 0 aliphatic carbocycles. The molecule has 3 heteroatoms. The van der Waals surface area contributed by atoms with Crippen molar-refractivity contribution in [3.05, 3.63) is 0 Å². The van der Waals surface area contributed by atoms with Crippen LogP contribution in [0.5, 0.6) is 0 Å². The number of rotatable bonds is 2. The largest absolute Gasteiger partial charge is 0.459 e. The molecule has 0 saturated carbocycles. The molecule has 0 spiro atoms. The lowest BCUT2D eigenvalue weighted by atomic mass is 10.1. The van der Waals surface area contributed by atoms with E-state index in [-0.39, 0.29) is 12.0 Å². The predicted molar refractivity (Wildman–Crippen MR) is 59.3 cm³/mol. The van der Waals surface area contributed by atoms with Gasteiger partial charge in [-0.2, -0.15) is 0 Å². The van der Waals surface area contributed by atoms with E-state index < -0.39 is 5.60 Å². The number of nitrogens with zero attached hydrogens (tertiary/aromatic N) is 1. The molecule has 1 saturated heterocycles. The first-order chi connectivity index (χ1) is 6.94. The molecule has 0 aromatic heterocycles. The number of esters is 1. The first kappa shape index (κ1) is 12.1. The maximum Gasteiger partial charge on any atom is 0.323 e. The second kappa shape index (κ2) is 4.67. The van der Waals surface area contributed by atoms with Crippen LogP contribution in [-0.2, 0) is 9.53 Å². The van der Waals surface area contributed by atoms with Gasteiger partial charge < -0.3 is 4.74 Å². The highest BCUT2D eigenvalue weighted by atomic mass is 16.6. The molecule has 1 heterocycles. The van der Waals surface area contributed by atoms with Gasteiger partial charge in [-0.15, -0.1) is 6.42 Å². The summed E-state index contributed by atoms with van der Waals surface area (Å²) in [6.45, 7) is 7.07. The van der Waals surface area contributed by atoms with Crippen LogP contribution in [0, 0.1) is 12.3 Å². The minimum absolute atomic E-state index is 0.139. The van der Waals surface area contributed by atoms with Gasteiger partial charge in [0.25, 0.3) is 0 Å². The molecule has 1 aliphatic rings. The van der Waals surface area contributed by atoms with Crippen LogP contribution in [0.25, 0.3) is 0 Å². The van der Waals surface area contributed by atoms with Gasteiger partial charge in [0.15, 0.2) is 0 Å². The van der Waals surface area contributed by atoms with E-state index in [0.717, 1.165) is 19.4 Å². The third-order valence-corrected chi connectivity index (χ3v) is 2.34. The Bertz CT molecular complexity index is 272. The van der Waals surface area contributed by atoms with E-state index in [1.165, 1.54) is 0 Å². The molecule has 1 atom stereocenters. The molecule has 1 fully saturated rings. The molecule has 0 unspecified atom stereocenters. The van der Waals surface area contributed by atoms with Crippen LogP contribution < -0.4 is 0 Å². The maximum atomic E-state index is 11.8. The van der Waals surface area contributed by atoms with Crippen molar-refractivity contribution in [2.75, 3.05) is 13.1 Å². The topological polar surface area (TPSA) is 29.5 Å². The Kier molecular flexibility index (Phi) is 3.76. The Morgan fingerprint density at radius 2 is 2.27 bits per heavy atom. The molecule has 0 aromatic rings. The minimum Gasteiger partial charge on any atom is -0.459 e. The zero-order valence-electron chi connectivity index (χ0n) is 9.75. The molecule has 3 nitrogen and oxygen atoms in total. The summed E-state index contributed by atoms with van der Waals surface area (Å²) in [5.41, 5.74) is -0.415. The second-order valence-corrected chi connectivity index (χ2v) is 4.87. The third kappa shape index (κ3) is 3.56. The molecule has 0 bridgehead atoms. The van der Waals surface area contributed by atoms with Crippen molar-refractivity contribution < 1.29 is 9.53 Å². The predicted octanol–water partition coefficient (Wildman–Crippen LogP) is 1.43. The number of ether oxygens (including phenoxy) is 1. The number of carbonyl (C=O) groups excluding carboxylic acids is 1. The van der Waals surface area contributed by atoms with Gasteiger partial charge >= 0.3 is 5.97 Å². The van der Waals surface area contributed by atoms with Crippen LogP contribution in [0.15, 0.2) is 0 Å². The van der Waals surface area contributed by atoms with Crippen LogP contribution in [0.3, 0.4) is 0 Å². The van der Waals surface area contributed by atoms with Gasteiger partial charge in [0.2, 0.25) is 0 Å². The van der Waals surface area contributed by atoms with Crippen LogP contribution >= 0.6 is 0 Å². The number of carbonyl (C=O) groups is 1. The van der Waals surface area contributed by atoms with Gasteiger partial charge in [-0.25, -0.2) is 0 Å². The van der Waals surface area contributed by atoms with Crippen molar-refractivity contribution in [3.63, 3.8) is 0 Å². The molecule has 84 valence electrons. The van der Waals surface area contributed by atoms with Crippen molar-refractivity contribution in [3.8, 4) is 12.3 Å². The fourth-order valence-electron chi connectivity index (χ4n) is 1.77. The quantitative estimate of drug-likeness (QED) is 0.509. The van der Waals surface area contributed by atoms with Gasteiger partial charge in [-0.1, -0.05) is 5.92 Å². The van der Waals surface area contributed by atoms with E-state index >= 15 is 0 Å². The third-order valence-electron chi connectivity index (χ3n) is 2.34. The lowest BCUT2D eigenvalue weighted by molar-refractivity contribution is -0.160. The summed E-state index contributed by atoms with van der Waals surface area (Å²) < 4.78 is 5.35. The maximum absolute atomic E-state index is 11.8. The van der Waals surface area contributed by atoms with E-state index in [2.05, 4.69) is 5.92 Å². The summed E-state index contributed by atoms with van der Waals surface area (Å²) >= 11 is 0. The van der Waals surface area contributed by atoms with Gasteiger partial charge in [-0.3, -0.25) is 9.69 Å². The van der Waals surface area contributed by atoms with Crippen LogP contribution in [0.1, 0.15) is 33.6 Å². The second-order valence-electron chi connectivity index (χ2n) is 4.87. The standard InChI is InChI=1S/C12H19NO2/c1-5-8-13-9-6-7-10(13)11(14)15-12(2,3)4/h1,10H,6-9H2,2-4H3/t10-/m0/s1. The lowest BCUT2D eigenvalue weighted by Crippen LogP contribution is -2.40. The van der Waals surface area contributed by atoms with Gasteiger partial charge in [0.1, 0.15) is 11.6 Å². The zero-order valence-corrected chi connectivity index (χ0v) is 9.75. The molecule has 15 heavy (non-hydrogen) atoms. The molecule has 1 aliphatic heterocycles. The Morgan fingerprint density at radius 1 is 1.60 bits per heavy atom. The molecule has 0 aromatic carbocycles. The Labute approximate surface area is 91.8 Å². The van der Waals surface area contributed by atoms with Crippen LogP contribution in [0.2, 0.25) is 0 Å². The van der Waals surface area contributed by atoms with Gasteiger partial charge in [-0.05, 0) is 33.6 Å². The fraction of sp³-hybridized carbons (Fsp3) is 0.750. The van der Waals surface area contributed by atoms with Crippen LogP contribution in [-0.4, -0.2) is 35.6 Å². The Hall–Kier alpha value is -1.01. The van der Waals surface area contributed by atoms with E-state index in [1.54, 1.807) is 0 Å². The highest BCUT2D eigenvalue weighted by Gasteiger charge is 2.33. The summed E-state index contributed by atoms with van der Waals surface area (Å²) in [7, 11) is 0. The van der Waals surface area contributed by atoms with Gasteiger partial charge in [0.05, 0.1) is 6.54 Å². The number of hydrogen-bond acceptors (Lipinski definition) is 3. The van der Waals surface area contributed by atoms with Crippen molar-refractivity contribution >= 4 is 5.97 Å². The number of likely N-dealkylation sites (tertiary alicyclic amines) is 1. The van der Waals surface area contributed by atoms with E-state index in [4.69, 9.17) is 11.2 Å². The van der Waals surface area contributed by atoms with E-state index in [9.17, 15) is 4.79 Å². The van der Waals surface area contributed by atoms with E-state index in [1.807, 2.05) is 25.7 Å².